The van der Waals surface area contributed by atoms with Gasteiger partial charge in [-0.15, -0.1) is 0 Å². The first-order chi connectivity index (χ1) is 9.87. The number of hydrogen-bond acceptors (Lipinski definition) is 2. The molecule has 0 amide bonds. The van der Waals surface area contributed by atoms with E-state index in [1.165, 1.54) is 19.3 Å². The van der Waals surface area contributed by atoms with Crippen LogP contribution in [0.3, 0.4) is 0 Å². The molecule has 1 saturated carbocycles. The second kappa shape index (κ2) is 8.67. The molecule has 0 bridgehead atoms. The van der Waals surface area contributed by atoms with Crippen molar-refractivity contribution in [2.24, 2.45) is 11.3 Å². The fourth-order valence-electron chi connectivity index (χ4n) is 3.41. The van der Waals surface area contributed by atoms with Crippen molar-refractivity contribution in [1.29, 1.82) is 0 Å². The molecule has 0 heterocycles. The smallest absolute Gasteiger partial charge is 0.0506 e. The Morgan fingerprint density at radius 2 is 1.90 bits per heavy atom. The molecule has 21 heavy (non-hydrogen) atoms. The lowest BCUT2D eigenvalue weighted by Gasteiger charge is -2.43. The summed E-state index contributed by atoms with van der Waals surface area (Å²) in [5.41, 5.74) is 0.383. The van der Waals surface area contributed by atoms with Gasteiger partial charge in [0.2, 0.25) is 0 Å². The predicted molar refractivity (Wildman–Crippen MR) is 95.2 cm³/mol. The fraction of sp³-hybridized carbons (Fsp3) is 1.00. The van der Waals surface area contributed by atoms with Crippen molar-refractivity contribution in [3.8, 4) is 0 Å². The molecular weight excluding hydrogens is 278 g/mol. The second-order valence-corrected chi connectivity index (χ2v) is 9.57. The van der Waals surface area contributed by atoms with Gasteiger partial charge in [-0.3, -0.25) is 4.21 Å². The van der Waals surface area contributed by atoms with E-state index < -0.39 is 10.8 Å². The third-order valence-corrected chi connectivity index (χ3v) is 7.98. The van der Waals surface area contributed by atoms with Gasteiger partial charge in [0, 0.05) is 22.1 Å². The van der Waals surface area contributed by atoms with Crippen LogP contribution >= 0.6 is 0 Å². The molecule has 0 aromatic heterocycles. The highest BCUT2D eigenvalue weighted by Crippen LogP contribution is 2.42. The Morgan fingerprint density at radius 3 is 2.43 bits per heavy atom. The molecule has 1 N–H and O–H groups in total. The molecule has 1 rings (SSSR count). The maximum absolute atomic E-state index is 12.9. The maximum Gasteiger partial charge on any atom is 0.0506 e. The first kappa shape index (κ1) is 19.2. The predicted octanol–water partition coefficient (Wildman–Crippen LogP) is 4.51. The zero-order valence-electron chi connectivity index (χ0n) is 15.1. The van der Waals surface area contributed by atoms with Crippen LogP contribution in [0.5, 0.6) is 0 Å². The highest BCUT2D eigenvalue weighted by molar-refractivity contribution is 7.86. The van der Waals surface area contributed by atoms with Gasteiger partial charge in [0.15, 0.2) is 0 Å². The SMILES string of the molecule is CCCNC1CCC(C(C)(C)CC)CC1S(=O)C(C)CC. The van der Waals surface area contributed by atoms with Crippen LogP contribution in [0.4, 0.5) is 0 Å². The lowest BCUT2D eigenvalue weighted by molar-refractivity contribution is 0.140. The van der Waals surface area contributed by atoms with Gasteiger partial charge in [-0.05, 0) is 50.0 Å². The summed E-state index contributed by atoms with van der Waals surface area (Å²) in [6.45, 7) is 14.7. The molecule has 0 radical (unpaired) electrons. The molecule has 3 heteroatoms. The van der Waals surface area contributed by atoms with E-state index in [1.54, 1.807) is 0 Å². The van der Waals surface area contributed by atoms with Gasteiger partial charge in [-0.1, -0.05) is 48.0 Å². The van der Waals surface area contributed by atoms with Gasteiger partial charge in [0.05, 0.1) is 5.25 Å². The van der Waals surface area contributed by atoms with Crippen LogP contribution in [0.25, 0.3) is 0 Å². The molecular formula is C18H37NOS. The monoisotopic (exact) mass is 315 g/mol. The van der Waals surface area contributed by atoms with E-state index >= 15 is 0 Å². The third kappa shape index (κ3) is 5.06. The van der Waals surface area contributed by atoms with Crippen molar-refractivity contribution >= 4 is 10.8 Å². The topological polar surface area (TPSA) is 29.1 Å². The summed E-state index contributed by atoms with van der Waals surface area (Å²) in [6.07, 6.45) is 7.01. The Bertz CT molecular complexity index is 329. The highest BCUT2D eigenvalue weighted by atomic mass is 32.2. The van der Waals surface area contributed by atoms with E-state index in [0.717, 1.165) is 31.7 Å². The Morgan fingerprint density at radius 1 is 1.24 bits per heavy atom. The maximum atomic E-state index is 12.9. The van der Waals surface area contributed by atoms with Crippen LogP contribution in [-0.2, 0) is 10.8 Å². The summed E-state index contributed by atoms with van der Waals surface area (Å²) in [5, 5.41) is 4.35. The average molecular weight is 316 g/mol. The molecule has 1 aliphatic rings. The van der Waals surface area contributed by atoms with Gasteiger partial charge in [0.25, 0.3) is 0 Å². The van der Waals surface area contributed by atoms with E-state index in [1.807, 2.05) is 0 Å². The van der Waals surface area contributed by atoms with Gasteiger partial charge in [-0.25, -0.2) is 0 Å². The van der Waals surface area contributed by atoms with Crippen LogP contribution in [-0.4, -0.2) is 27.3 Å². The Labute approximate surface area is 135 Å². The van der Waals surface area contributed by atoms with Crippen molar-refractivity contribution in [3.63, 3.8) is 0 Å². The standard InChI is InChI=1S/C18H37NOS/c1-7-12-19-16-11-10-15(18(5,6)9-3)13-17(16)21(20)14(4)8-2/h14-17,19H,7-13H2,1-6H3. The van der Waals surface area contributed by atoms with Crippen molar-refractivity contribution in [3.05, 3.63) is 0 Å². The molecule has 2 nitrogen and oxygen atoms in total. The van der Waals surface area contributed by atoms with E-state index in [0.29, 0.717) is 22.0 Å². The molecule has 0 saturated heterocycles. The Kier molecular flexibility index (Phi) is 7.91. The largest absolute Gasteiger partial charge is 0.313 e. The second-order valence-electron chi connectivity index (χ2n) is 7.50. The van der Waals surface area contributed by atoms with Gasteiger partial charge in [0.1, 0.15) is 0 Å². The summed E-state index contributed by atoms with van der Waals surface area (Å²) in [4.78, 5) is 0. The van der Waals surface area contributed by atoms with Crippen LogP contribution in [0, 0.1) is 11.3 Å². The summed E-state index contributed by atoms with van der Waals surface area (Å²) in [6, 6.07) is 0.462. The average Bonchev–Trinajstić information content (AvgIpc) is 2.51. The Hall–Kier alpha value is 0.110. The Balaban J connectivity index is 2.83. The zero-order chi connectivity index (χ0) is 16.0. The first-order valence-electron chi connectivity index (χ1n) is 9.00. The lowest BCUT2D eigenvalue weighted by Crippen LogP contribution is -2.50. The van der Waals surface area contributed by atoms with Crippen molar-refractivity contribution in [1.82, 2.24) is 5.32 Å². The molecule has 0 aromatic carbocycles. The normalized spacial score (nSPS) is 30.1. The molecule has 126 valence electrons. The molecule has 5 unspecified atom stereocenters. The van der Waals surface area contributed by atoms with E-state index in [2.05, 4.69) is 46.9 Å². The quantitative estimate of drug-likeness (QED) is 0.714. The van der Waals surface area contributed by atoms with Crippen LogP contribution in [0.15, 0.2) is 0 Å². The summed E-state index contributed by atoms with van der Waals surface area (Å²) in [5.74, 6) is 0.722. The van der Waals surface area contributed by atoms with Crippen molar-refractivity contribution < 1.29 is 4.21 Å². The minimum Gasteiger partial charge on any atom is -0.313 e. The summed E-state index contributed by atoms with van der Waals surface area (Å²) in [7, 11) is -0.705. The molecule has 0 spiro atoms. The van der Waals surface area contributed by atoms with E-state index in [4.69, 9.17) is 0 Å². The van der Waals surface area contributed by atoms with E-state index in [-0.39, 0.29) is 0 Å². The molecule has 0 aromatic rings. The third-order valence-electron chi connectivity index (χ3n) is 5.73. The summed E-state index contributed by atoms with van der Waals surface area (Å²) < 4.78 is 12.9. The molecule has 5 atom stereocenters. The van der Waals surface area contributed by atoms with Crippen LogP contribution < -0.4 is 5.32 Å². The van der Waals surface area contributed by atoms with Crippen LogP contribution in [0.2, 0.25) is 0 Å². The minimum absolute atomic E-state index is 0.324. The molecule has 1 aliphatic carbocycles. The highest BCUT2D eigenvalue weighted by Gasteiger charge is 2.40. The zero-order valence-corrected chi connectivity index (χ0v) is 15.9. The van der Waals surface area contributed by atoms with E-state index in [9.17, 15) is 4.21 Å². The fourth-order valence-corrected chi connectivity index (χ4v) is 5.31. The molecule has 1 fully saturated rings. The first-order valence-corrected chi connectivity index (χ1v) is 10.3. The minimum atomic E-state index is -0.705. The summed E-state index contributed by atoms with van der Waals surface area (Å²) >= 11 is 0. The number of rotatable bonds is 8. The van der Waals surface area contributed by atoms with Gasteiger partial charge in [-0.2, -0.15) is 0 Å². The van der Waals surface area contributed by atoms with Crippen molar-refractivity contribution in [2.75, 3.05) is 6.54 Å². The number of nitrogens with one attached hydrogen (secondary N) is 1. The number of hydrogen-bond donors (Lipinski definition) is 1. The van der Waals surface area contributed by atoms with Gasteiger partial charge < -0.3 is 5.32 Å². The van der Waals surface area contributed by atoms with Gasteiger partial charge >= 0.3 is 0 Å². The molecule has 0 aliphatic heterocycles. The van der Waals surface area contributed by atoms with Crippen LogP contribution in [0.1, 0.15) is 80.1 Å². The van der Waals surface area contributed by atoms with Crippen molar-refractivity contribution in [2.45, 2.75) is 96.6 Å². The lowest BCUT2D eigenvalue weighted by atomic mass is 9.68.